The van der Waals surface area contributed by atoms with Crippen LogP contribution >= 0.6 is 0 Å². The normalized spacial score (nSPS) is 27.6. The highest BCUT2D eigenvalue weighted by Crippen LogP contribution is 2.68. The van der Waals surface area contributed by atoms with Gasteiger partial charge in [0.2, 0.25) is 0 Å². The van der Waals surface area contributed by atoms with Crippen LogP contribution in [0.2, 0.25) is 0 Å². The molecule has 2 aromatic heterocycles. The van der Waals surface area contributed by atoms with Gasteiger partial charge in [-0.2, -0.15) is 0 Å². The van der Waals surface area contributed by atoms with Crippen LogP contribution in [0.1, 0.15) is 138 Å². The molecule has 13 heteroatoms. The second kappa shape index (κ2) is 19.2. The third-order valence-electron chi connectivity index (χ3n) is 18.7. The van der Waals surface area contributed by atoms with Crippen molar-refractivity contribution in [3.8, 4) is 11.4 Å². The van der Waals surface area contributed by atoms with E-state index in [9.17, 15) is 29.1 Å². The van der Waals surface area contributed by atoms with Crippen molar-refractivity contribution >= 4 is 40.1 Å². The van der Waals surface area contributed by atoms with E-state index in [4.69, 9.17) is 14.5 Å². The van der Waals surface area contributed by atoms with Crippen LogP contribution in [-0.4, -0.2) is 99.9 Å². The number of nitrogens with zero attached hydrogens (tertiary/aromatic N) is 5. The third-order valence-corrected chi connectivity index (χ3v) is 18.7. The monoisotopic (exact) mass is 990 g/mol. The van der Waals surface area contributed by atoms with Crippen LogP contribution < -0.4 is 10.5 Å². The molecular weight excluding hydrogens is 919 g/mol. The number of pyridine rings is 2. The average molecular weight is 990 g/mol. The van der Waals surface area contributed by atoms with Crippen molar-refractivity contribution in [1.82, 2.24) is 19.4 Å². The number of carbonyl (C=O) groups excluding carboxylic acids is 4. The number of hydrogen-bond acceptors (Lipinski definition) is 12. The number of unbranched alkanes of at least 4 members (excludes halogenated alkanes) is 3. The van der Waals surface area contributed by atoms with Gasteiger partial charge in [0.25, 0.3) is 5.56 Å². The Labute approximate surface area is 428 Å². The molecule has 6 atom stereocenters. The van der Waals surface area contributed by atoms with Gasteiger partial charge in [0.05, 0.1) is 29.0 Å². The van der Waals surface area contributed by atoms with E-state index in [0.29, 0.717) is 36.2 Å². The number of carbonyl (C=O) groups is 4. The van der Waals surface area contributed by atoms with E-state index in [2.05, 4.69) is 71.1 Å². The van der Waals surface area contributed by atoms with E-state index in [1.807, 2.05) is 12.1 Å². The summed E-state index contributed by atoms with van der Waals surface area (Å²) in [6.45, 7) is 14.2. The smallest absolute Gasteiger partial charge is 0.343 e. The number of aliphatic hydroxyl groups is 1. The molecule has 0 amide bonds. The predicted molar refractivity (Wildman–Crippen MR) is 280 cm³/mol. The molecule has 4 aromatic rings. The first-order valence-electron chi connectivity index (χ1n) is 27.1. The first-order valence-corrected chi connectivity index (χ1v) is 27.1. The fourth-order valence-electron chi connectivity index (χ4n) is 14.8. The Hall–Kier alpha value is -5.76. The summed E-state index contributed by atoms with van der Waals surface area (Å²) in [7, 11) is 2.18. The van der Waals surface area contributed by atoms with Gasteiger partial charge in [-0.15, -0.1) is 0 Å². The van der Waals surface area contributed by atoms with Crippen LogP contribution in [0.5, 0.6) is 0 Å². The molecule has 1 N–H and O–H groups in total. The second-order valence-corrected chi connectivity index (χ2v) is 22.6. The number of benzene rings is 2. The molecule has 0 bridgehead atoms. The van der Waals surface area contributed by atoms with Crippen molar-refractivity contribution in [2.24, 2.45) is 17.3 Å². The lowest BCUT2D eigenvalue weighted by Gasteiger charge is -2.55. The minimum atomic E-state index is -1.85. The average Bonchev–Trinajstić information content (AvgIpc) is 3.89. The lowest BCUT2D eigenvalue weighted by Crippen LogP contribution is -2.57. The third kappa shape index (κ3) is 8.41. The molecule has 384 valence electrons. The van der Waals surface area contributed by atoms with Gasteiger partial charge in [0.1, 0.15) is 6.61 Å². The summed E-state index contributed by atoms with van der Waals surface area (Å²) in [5, 5.41) is 12.4. The molecule has 4 aliphatic carbocycles. The number of ether oxygens (including phenoxy) is 2. The van der Waals surface area contributed by atoms with Gasteiger partial charge >= 0.3 is 11.9 Å². The fourth-order valence-corrected chi connectivity index (χ4v) is 14.8. The Kier molecular flexibility index (Phi) is 13.0. The van der Waals surface area contributed by atoms with E-state index in [1.54, 1.807) is 24.5 Å². The van der Waals surface area contributed by atoms with Crippen LogP contribution in [0.4, 0.5) is 5.69 Å². The first-order chi connectivity index (χ1) is 35.1. The number of aromatic nitrogens is 2. The summed E-state index contributed by atoms with van der Waals surface area (Å²) in [5.41, 5.74) is 7.83. The number of rotatable bonds is 14. The van der Waals surface area contributed by atoms with Crippen molar-refractivity contribution in [2.45, 2.75) is 142 Å². The van der Waals surface area contributed by atoms with E-state index in [-0.39, 0.29) is 47.9 Å². The van der Waals surface area contributed by atoms with Crippen LogP contribution in [-0.2, 0) is 53.9 Å². The van der Waals surface area contributed by atoms with Crippen LogP contribution in [0.3, 0.4) is 0 Å². The number of hydrogen-bond donors (Lipinski definition) is 1. The number of cyclic esters (lactones) is 1. The molecule has 7 aliphatic rings. The predicted octanol–water partition coefficient (Wildman–Crippen LogP) is 8.68. The Bertz CT molecular complexity index is 3040. The summed E-state index contributed by atoms with van der Waals surface area (Å²) in [6.07, 6.45) is 12.0. The van der Waals surface area contributed by atoms with Crippen LogP contribution in [0.25, 0.3) is 22.3 Å². The summed E-state index contributed by atoms with van der Waals surface area (Å²) in [5.74, 6) is -0.323. The van der Waals surface area contributed by atoms with Gasteiger partial charge in [-0.25, -0.2) is 9.78 Å². The zero-order valence-electron chi connectivity index (χ0n) is 43.4. The standard InChI is InChI=1S/C60H71N5O8/c1-6-59(71)51-32-53-55-42(35-65(53)56(69)49(51)36-72-57(59)70)31-47-41(12-11-13-52(47)61-55)34-64-28-26-63(27-29-64)25-10-8-7-9-24-62(5)43-17-14-39(15-18-43)48-33-58(4)50(22-23-60(58,37(2)66)73-38(3)67)46-20-16-40-30-44(68)19-21-45(40)54(46)48/h11-15,17-18,30-32,46,48,50,71H,6-10,16,19-29,33-36H2,1-5H3/t46-,48+,50-,58-,59-,60-/m0/s1. The van der Waals surface area contributed by atoms with Gasteiger partial charge in [-0.1, -0.05) is 56.5 Å². The fraction of sp³-hybridized carbons (Fsp3) is 0.533. The van der Waals surface area contributed by atoms with Crippen LogP contribution in [0.15, 0.2) is 82.2 Å². The summed E-state index contributed by atoms with van der Waals surface area (Å²) in [6, 6.07) is 19.3. The number of allylic oxidation sites excluding steroid dienone is 4. The number of anilines is 1. The number of ketones is 2. The molecular formula is C60H71N5O8. The summed E-state index contributed by atoms with van der Waals surface area (Å²) in [4.78, 5) is 77.7. The highest BCUT2D eigenvalue weighted by molar-refractivity contribution is 5.93. The molecule has 0 radical (unpaired) electrons. The van der Waals surface area contributed by atoms with Gasteiger partial charge in [0.15, 0.2) is 22.8 Å². The highest BCUT2D eigenvalue weighted by atomic mass is 16.6. The maximum Gasteiger partial charge on any atom is 0.343 e. The Balaban J connectivity index is 0.671. The Morgan fingerprint density at radius 3 is 2.45 bits per heavy atom. The largest absolute Gasteiger partial charge is 0.458 e. The molecule has 2 aromatic carbocycles. The molecule has 2 saturated carbocycles. The number of esters is 2. The molecule has 0 spiro atoms. The van der Waals surface area contributed by atoms with E-state index in [0.717, 1.165) is 106 Å². The second-order valence-electron chi connectivity index (χ2n) is 22.6. The van der Waals surface area contributed by atoms with Gasteiger partial charge in [-0.05, 0) is 142 Å². The lowest BCUT2D eigenvalue weighted by molar-refractivity contribution is -0.182. The van der Waals surface area contributed by atoms with Crippen molar-refractivity contribution < 1.29 is 33.8 Å². The molecule has 3 fully saturated rings. The molecule has 0 unspecified atom stereocenters. The molecule has 3 aliphatic heterocycles. The zero-order valence-corrected chi connectivity index (χ0v) is 43.4. The summed E-state index contributed by atoms with van der Waals surface area (Å²) >= 11 is 0. The van der Waals surface area contributed by atoms with Crippen molar-refractivity contribution in [1.29, 1.82) is 0 Å². The topological polar surface area (TPSA) is 152 Å². The molecule has 13 nitrogen and oxygen atoms in total. The summed E-state index contributed by atoms with van der Waals surface area (Å²) < 4.78 is 13.1. The minimum Gasteiger partial charge on any atom is -0.458 e. The van der Waals surface area contributed by atoms with Gasteiger partial charge < -0.3 is 28.9 Å². The maximum atomic E-state index is 13.7. The molecule has 1 saturated heterocycles. The van der Waals surface area contributed by atoms with Crippen molar-refractivity contribution in [3.05, 3.63) is 116 Å². The minimum absolute atomic E-state index is 0.0460. The number of fused-ring (bicyclic) bond motifs is 9. The lowest BCUT2D eigenvalue weighted by atomic mass is 9.50. The Morgan fingerprint density at radius 2 is 1.70 bits per heavy atom. The number of piperazine rings is 1. The molecule has 11 rings (SSSR count). The Morgan fingerprint density at radius 1 is 0.932 bits per heavy atom. The first kappa shape index (κ1) is 49.5. The van der Waals surface area contributed by atoms with Gasteiger partial charge in [0, 0.05) is 93.2 Å². The molecule has 73 heavy (non-hydrogen) atoms. The number of Topliss-reactive ketones (excluding diaryl/α,β-unsaturated/α-hetero) is 1. The van der Waals surface area contributed by atoms with E-state index >= 15 is 0 Å². The maximum absolute atomic E-state index is 13.7. The van der Waals surface area contributed by atoms with Gasteiger partial charge in [-0.3, -0.25) is 24.1 Å². The highest BCUT2D eigenvalue weighted by Gasteiger charge is 2.67. The van der Waals surface area contributed by atoms with E-state index < -0.39 is 28.6 Å². The van der Waals surface area contributed by atoms with E-state index in [1.165, 1.54) is 59.7 Å². The SMILES string of the molecule is CC[C@@]1(O)C(=O)OCc2c1cc1n(c2=O)Cc2cc3c(CN4CCN(CCCCCCN(C)c5ccc([C@H]6C[C@@]7(C)[C@@H](CC[C@]7(OC(C)=O)C(C)=O)[C@@H]7CCC8=CC(=O)CCC8=C76)cc5)CC4)cccc3nc2-1. The zero-order chi connectivity index (χ0) is 51.0. The molecule has 5 heterocycles. The quantitative estimate of drug-likeness (QED) is 0.0838. The van der Waals surface area contributed by atoms with Crippen molar-refractivity contribution in [3.63, 3.8) is 0 Å². The van der Waals surface area contributed by atoms with Crippen molar-refractivity contribution in [2.75, 3.05) is 51.2 Å². The van der Waals surface area contributed by atoms with Crippen LogP contribution in [0, 0.1) is 17.3 Å².